The van der Waals surface area contributed by atoms with Crippen molar-refractivity contribution in [1.82, 2.24) is 4.57 Å². The molecule has 0 aliphatic carbocycles. The van der Waals surface area contributed by atoms with E-state index < -0.39 is 17.2 Å². The van der Waals surface area contributed by atoms with E-state index in [4.69, 9.17) is 10.5 Å². The summed E-state index contributed by atoms with van der Waals surface area (Å²) >= 11 is 1.26. The van der Waals surface area contributed by atoms with Crippen molar-refractivity contribution in [3.05, 3.63) is 51.9 Å². The topological polar surface area (TPSA) is 94.6 Å². The van der Waals surface area contributed by atoms with E-state index >= 15 is 0 Å². The zero-order chi connectivity index (χ0) is 18.6. The van der Waals surface area contributed by atoms with Gasteiger partial charge >= 0.3 is 5.97 Å². The van der Waals surface area contributed by atoms with Crippen LogP contribution in [0.4, 0.5) is 10.1 Å². The van der Waals surface area contributed by atoms with E-state index in [2.05, 4.69) is 0 Å². The van der Waals surface area contributed by atoms with Gasteiger partial charge in [-0.05, 0) is 23.8 Å². The fraction of sp³-hybridized carbons (Fsp3) is 0.111. The monoisotopic (exact) mass is 372 g/mol. The molecule has 0 bridgehead atoms. The second kappa shape index (κ2) is 5.77. The highest BCUT2D eigenvalue weighted by Gasteiger charge is 2.31. The number of nitrogen functional groups attached to an aromatic ring is 1. The molecule has 132 valence electrons. The van der Waals surface area contributed by atoms with Crippen molar-refractivity contribution in [2.45, 2.75) is 10.9 Å². The summed E-state index contributed by atoms with van der Waals surface area (Å²) in [7, 11) is 1.39. The molecule has 26 heavy (non-hydrogen) atoms. The van der Waals surface area contributed by atoms with E-state index in [1.807, 2.05) is 0 Å². The SMILES string of the molecule is COc1c(-c2ccc(N)cc2)c(F)cc2c(=O)c(C(=O)O)c3n(c12)CS3. The number of aromatic nitrogens is 1. The quantitative estimate of drug-likeness (QED) is 0.686. The summed E-state index contributed by atoms with van der Waals surface area (Å²) in [5.41, 5.74) is 6.32. The molecule has 1 aliphatic rings. The number of hydrogen-bond donors (Lipinski definition) is 2. The number of ether oxygens (including phenoxy) is 1. The average molecular weight is 372 g/mol. The van der Waals surface area contributed by atoms with Crippen LogP contribution >= 0.6 is 11.8 Å². The van der Waals surface area contributed by atoms with E-state index in [9.17, 15) is 19.1 Å². The van der Waals surface area contributed by atoms with Gasteiger partial charge in [-0.2, -0.15) is 0 Å². The van der Waals surface area contributed by atoms with Gasteiger partial charge in [-0.3, -0.25) is 4.79 Å². The molecule has 2 aromatic carbocycles. The van der Waals surface area contributed by atoms with Gasteiger partial charge in [0, 0.05) is 5.69 Å². The van der Waals surface area contributed by atoms with Gasteiger partial charge in [0.15, 0.2) is 5.75 Å². The number of thioether (sulfide) groups is 1. The molecule has 8 heteroatoms. The Morgan fingerprint density at radius 1 is 1.35 bits per heavy atom. The van der Waals surface area contributed by atoms with Gasteiger partial charge in [0.25, 0.3) is 0 Å². The van der Waals surface area contributed by atoms with E-state index in [1.54, 1.807) is 28.8 Å². The third-order valence-corrected chi connectivity index (χ3v) is 5.44. The van der Waals surface area contributed by atoms with Gasteiger partial charge in [-0.25, -0.2) is 9.18 Å². The van der Waals surface area contributed by atoms with Crippen LogP contribution in [0.3, 0.4) is 0 Å². The van der Waals surface area contributed by atoms with Gasteiger partial charge in [-0.1, -0.05) is 23.9 Å². The maximum absolute atomic E-state index is 14.9. The van der Waals surface area contributed by atoms with Crippen LogP contribution in [0.2, 0.25) is 0 Å². The molecule has 6 nitrogen and oxygen atoms in total. The van der Waals surface area contributed by atoms with Gasteiger partial charge in [-0.15, -0.1) is 0 Å². The lowest BCUT2D eigenvalue weighted by atomic mass is 9.99. The Morgan fingerprint density at radius 2 is 2.04 bits per heavy atom. The Bertz CT molecular complexity index is 1140. The summed E-state index contributed by atoms with van der Waals surface area (Å²) in [6, 6.07) is 7.70. The molecular weight excluding hydrogens is 359 g/mol. The zero-order valence-corrected chi connectivity index (χ0v) is 14.4. The summed E-state index contributed by atoms with van der Waals surface area (Å²) in [5.74, 6) is -1.34. The smallest absolute Gasteiger partial charge is 0.342 e. The molecule has 0 saturated heterocycles. The Kier molecular flexibility index (Phi) is 3.66. The number of pyridine rings is 1. The van der Waals surface area contributed by atoms with Crippen molar-refractivity contribution in [1.29, 1.82) is 0 Å². The van der Waals surface area contributed by atoms with Crippen LogP contribution in [-0.4, -0.2) is 22.8 Å². The first kappa shape index (κ1) is 16.5. The van der Waals surface area contributed by atoms with Gasteiger partial charge in [0.2, 0.25) is 5.43 Å². The number of nitrogens with zero attached hydrogens (tertiary/aromatic N) is 1. The predicted molar refractivity (Wildman–Crippen MR) is 97.4 cm³/mol. The second-order valence-electron chi connectivity index (χ2n) is 5.80. The van der Waals surface area contributed by atoms with Crippen LogP contribution < -0.4 is 15.9 Å². The molecule has 0 amide bonds. The fourth-order valence-corrected chi connectivity index (χ4v) is 4.09. The third kappa shape index (κ3) is 2.19. The Morgan fingerprint density at radius 3 is 2.58 bits per heavy atom. The third-order valence-electron chi connectivity index (χ3n) is 4.36. The fourth-order valence-electron chi connectivity index (χ4n) is 3.16. The van der Waals surface area contributed by atoms with Crippen LogP contribution in [0.15, 0.2) is 40.2 Å². The second-order valence-corrected chi connectivity index (χ2v) is 6.73. The van der Waals surface area contributed by atoms with Crippen molar-refractivity contribution >= 4 is 34.3 Å². The predicted octanol–water partition coefficient (Wildman–Crippen LogP) is 3.16. The number of aromatic carboxylic acids is 1. The average Bonchev–Trinajstić information content (AvgIpc) is 2.58. The van der Waals surface area contributed by atoms with E-state index in [0.29, 0.717) is 27.7 Å². The molecule has 3 N–H and O–H groups in total. The largest absolute Gasteiger partial charge is 0.494 e. The summed E-state index contributed by atoms with van der Waals surface area (Å²) in [6.45, 7) is 0. The molecule has 2 heterocycles. The maximum Gasteiger partial charge on any atom is 0.342 e. The van der Waals surface area contributed by atoms with Crippen molar-refractivity contribution in [2.24, 2.45) is 0 Å². The molecule has 3 aromatic rings. The minimum atomic E-state index is -1.32. The lowest BCUT2D eigenvalue weighted by Gasteiger charge is -2.27. The highest BCUT2D eigenvalue weighted by molar-refractivity contribution is 7.99. The van der Waals surface area contributed by atoms with Crippen molar-refractivity contribution < 1.29 is 19.0 Å². The lowest BCUT2D eigenvalue weighted by molar-refractivity contribution is 0.0689. The number of carboxylic acid groups (broad SMARTS) is 1. The van der Waals surface area contributed by atoms with Crippen LogP contribution in [-0.2, 0) is 5.88 Å². The molecule has 0 spiro atoms. The standard InChI is InChI=1S/C18H13FN2O4S/c1-25-16-12(8-2-4-9(20)5-3-8)11(19)6-10-14(16)21-7-26-17(21)13(15(10)22)18(23)24/h2-6H,7,20H2,1H3,(H,23,24). The molecule has 0 saturated carbocycles. The number of methoxy groups -OCH3 is 1. The maximum atomic E-state index is 14.9. The molecule has 1 aliphatic heterocycles. The molecule has 0 atom stereocenters. The normalized spacial score (nSPS) is 12.5. The molecule has 0 fully saturated rings. The van der Waals surface area contributed by atoms with Crippen LogP contribution in [0.1, 0.15) is 10.4 Å². The van der Waals surface area contributed by atoms with Crippen LogP contribution in [0.25, 0.3) is 22.0 Å². The van der Waals surface area contributed by atoms with Crippen LogP contribution in [0.5, 0.6) is 5.75 Å². The van der Waals surface area contributed by atoms with Crippen molar-refractivity contribution in [3.63, 3.8) is 0 Å². The summed E-state index contributed by atoms with van der Waals surface area (Å²) in [5, 5.41) is 9.69. The van der Waals surface area contributed by atoms with Gasteiger partial charge in [0.05, 0.1) is 34.5 Å². The Balaban J connectivity index is 2.15. The number of halogens is 1. The highest BCUT2D eigenvalue weighted by atomic mass is 32.2. The number of nitrogens with two attached hydrogens (primary N) is 1. The number of benzene rings is 2. The Labute approximate surface area is 151 Å². The number of fused-ring (bicyclic) bond motifs is 3. The van der Waals surface area contributed by atoms with E-state index in [1.165, 1.54) is 18.9 Å². The number of rotatable bonds is 3. The number of carboxylic acids is 1. The van der Waals surface area contributed by atoms with Crippen molar-refractivity contribution in [2.75, 3.05) is 12.8 Å². The molecule has 1 aromatic heterocycles. The molecule has 4 rings (SSSR count). The van der Waals surface area contributed by atoms with Crippen molar-refractivity contribution in [3.8, 4) is 16.9 Å². The Hall–Kier alpha value is -3.00. The summed E-state index contributed by atoms with van der Waals surface area (Å²) in [6.07, 6.45) is 0. The lowest BCUT2D eigenvalue weighted by Crippen LogP contribution is -2.26. The molecule has 0 radical (unpaired) electrons. The zero-order valence-electron chi connectivity index (χ0n) is 13.6. The van der Waals surface area contributed by atoms with Gasteiger partial charge in [0.1, 0.15) is 11.4 Å². The summed E-state index contributed by atoms with van der Waals surface area (Å²) < 4.78 is 22.0. The number of hydrogen-bond acceptors (Lipinski definition) is 5. The molecule has 0 unspecified atom stereocenters. The van der Waals surface area contributed by atoms with E-state index in [0.717, 1.165) is 6.07 Å². The minimum Gasteiger partial charge on any atom is -0.494 e. The first-order valence-electron chi connectivity index (χ1n) is 7.63. The summed E-state index contributed by atoms with van der Waals surface area (Å²) in [4.78, 5) is 24.1. The highest BCUT2D eigenvalue weighted by Crippen LogP contribution is 2.44. The van der Waals surface area contributed by atoms with Crippen LogP contribution in [0, 0.1) is 5.82 Å². The minimum absolute atomic E-state index is 0.0139. The molecular formula is C18H13FN2O4S. The number of anilines is 1. The van der Waals surface area contributed by atoms with Gasteiger partial charge < -0.3 is 20.1 Å². The first-order valence-corrected chi connectivity index (χ1v) is 8.61. The number of carbonyl (C=O) groups is 1. The first-order chi connectivity index (χ1) is 12.4. The van der Waals surface area contributed by atoms with E-state index in [-0.39, 0.29) is 22.3 Å².